The first-order valence-corrected chi connectivity index (χ1v) is 9.63. The quantitative estimate of drug-likeness (QED) is 0.478. The van der Waals surface area contributed by atoms with E-state index in [2.05, 4.69) is 31.9 Å². The number of amides is 1. The third kappa shape index (κ3) is 4.23. The average Bonchev–Trinajstić information content (AvgIpc) is 2.68. The lowest BCUT2D eigenvalue weighted by molar-refractivity contribution is -0.113. The third-order valence-corrected chi connectivity index (χ3v) is 5.04. The van der Waals surface area contributed by atoms with Gasteiger partial charge in [0.1, 0.15) is 0 Å². The van der Waals surface area contributed by atoms with Gasteiger partial charge in [0, 0.05) is 15.9 Å². The minimum absolute atomic E-state index is 0.299. The highest BCUT2D eigenvalue weighted by molar-refractivity contribution is 9.10. The van der Waals surface area contributed by atoms with Crippen molar-refractivity contribution in [3.63, 3.8) is 0 Å². The van der Waals surface area contributed by atoms with E-state index in [1.54, 1.807) is 43.3 Å². The molecule has 1 aliphatic heterocycles. The fraction of sp³-hybridized carbons (Fsp3) is 0.150. The van der Waals surface area contributed by atoms with Crippen molar-refractivity contribution in [3.05, 3.63) is 75.4 Å². The Kier molecular flexibility index (Phi) is 6.11. The summed E-state index contributed by atoms with van der Waals surface area (Å²) in [7, 11) is 1.32. The van der Waals surface area contributed by atoms with Crippen LogP contribution in [0.25, 0.3) is 0 Å². The van der Waals surface area contributed by atoms with Crippen molar-refractivity contribution in [1.82, 2.24) is 10.6 Å². The Morgan fingerprint density at radius 1 is 1.14 bits per heavy atom. The number of rotatable bonds is 4. The van der Waals surface area contributed by atoms with Crippen molar-refractivity contribution in [2.75, 3.05) is 12.4 Å². The van der Waals surface area contributed by atoms with Crippen LogP contribution in [0.4, 0.5) is 5.69 Å². The van der Waals surface area contributed by atoms with Crippen LogP contribution in [0.3, 0.4) is 0 Å². The van der Waals surface area contributed by atoms with Crippen molar-refractivity contribution in [1.29, 1.82) is 0 Å². The summed E-state index contributed by atoms with van der Waals surface area (Å²) in [6, 6.07) is 13.7. The first kappa shape index (κ1) is 20.0. The van der Waals surface area contributed by atoms with Crippen LogP contribution in [-0.2, 0) is 9.53 Å². The Morgan fingerprint density at radius 2 is 1.82 bits per heavy atom. The Balaban J connectivity index is 2.01. The molecular weight excluding hydrogens is 442 g/mol. The second-order valence-corrected chi connectivity index (χ2v) is 7.43. The molecule has 144 valence electrons. The van der Waals surface area contributed by atoms with Crippen molar-refractivity contribution in [2.24, 2.45) is 0 Å². The predicted octanol–water partition coefficient (Wildman–Crippen LogP) is 3.67. The van der Waals surface area contributed by atoms with E-state index < -0.39 is 12.0 Å². The Labute approximate surface area is 176 Å². The zero-order chi connectivity index (χ0) is 20.3. The first-order chi connectivity index (χ1) is 13.4. The molecule has 2 aromatic rings. The summed E-state index contributed by atoms with van der Waals surface area (Å²) in [4.78, 5) is 25.3. The van der Waals surface area contributed by atoms with E-state index in [4.69, 9.17) is 17.0 Å². The number of hydrogen-bond donors (Lipinski definition) is 3. The van der Waals surface area contributed by atoms with Crippen LogP contribution < -0.4 is 16.0 Å². The summed E-state index contributed by atoms with van der Waals surface area (Å²) in [6.45, 7) is 1.78. The molecule has 0 bridgehead atoms. The lowest BCUT2D eigenvalue weighted by atomic mass is 9.91. The Morgan fingerprint density at radius 3 is 2.50 bits per heavy atom. The predicted molar refractivity (Wildman–Crippen MR) is 115 cm³/mol. The molecule has 0 aliphatic carbocycles. The number of ether oxygens (including phenoxy) is 1. The van der Waals surface area contributed by atoms with E-state index in [1.165, 1.54) is 7.11 Å². The van der Waals surface area contributed by atoms with Crippen LogP contribution in [0, 0.1) is 0 Å². The number of thiocarbonyl (C=S) groups is 1. The number of methoxy groups -OCH3 is 1. The lowest BCUT2D eigenvalue weighted by Gasteiger charge is -2.31. The third-order valence-electron chi connectivity index (χ3n) is 4.29. The molecule has 1 amide bonds. The van der Waals surface area contributed by atoms with Crippen molar-refractivity contribution in [3.8, 4) is 0 Å². The number of carbonyl (C=O) groups excluding carboxylic acids is 2. The molecule has 0 radical (unpaired) electrons. The van der Waals surface area contributed by atoms with Gasteiger partial charge in [-0.25, -0.2) is 4.79 Å². The molecule has 1 unspecified atom stereocenters. The molecule has 0 saturated carbocycles. The number of halogens is 1. The molecule has 8 heteroatoms. The maximum absolute atomic E-state index is 13.1. The van der Waals surface area contributed by atoms with Crippen LogP contribution in [0.5, 0.6) is 0 Å². The molecule has 3 N–H and O–H groups in total. The highest BCUT2D eigenvalue weighted by atomic mass is 79.9. The van der Waals surface area contributed by atoms with Crippen LogP contribution in [0.1, 0.15) is 28.9 Å². The summed E-state index contributed by atoms with van der Waals surface area (Å²) in [5.41, 5.74) is 2.69. The summed E-state index contributed by atoms with van der Waals surface area (Å²) in [5.74, 6) is -0.779. The van der Waals surface area contributed by atoms with Gasteiger partial charge in [-0.05, 0) is 55.0 Å². The van der Waals surface area contributed by atoms with Gasteiger partial charge >= 0.3 is 5.97 Å². The van der Waals surface area contributed by atoms with E-state index in [0.29, 0.717) is 33.2 Å². The Bertz CT molecular complexity index is 973. The summed E-state index contributed by atoms with van der Waals surface area (Å²) >= 11 is 8.64. The number of allylic oxidation sites excluding steroid dienone is 1. The van der Waals surface area contributed by atoms with Gasteiger partial charge in [-0.2, -0.15) is 0 Å². The maximum atomic E-state index is 13.1. The number of anilines is 1. The van der Waals surface area contributed by atoms with Crippen molar-refractivity contribution in [2.45, 2.75) is 13.0 Å². The van der Waals surface area contributed by atoms with Crippen LogP contribution >= 0.6 is 28.1 Å². The SMILES string of the molecule is COC(=O)c1ccccc1C1NC(=S)NC(C)=C1C(=O)Nc1ccc(Br)cc1. The second-order valence-electron chi connectivity index (χ2n) is 6.11. The monoisotopic (exact) mass is 459 g/mol. The molecule has 3 rings (SSSR count). The minimum Gasteiger partial charge on any atom is -0.465 e. The molecule has 0 saturated heterocycles. The first-order valence-electron chi connectivity index (χ1n) is 8.43. The number of benzene rings is 2. The number of nitrogens with one attached hydrogen (secondary N) is 3. The summed E-state index contributed by atoms with van der Waals surface area (Å²) in [6.07, 6.45) is 0. The smallest absolute Gasteiger partial charge is 0.338 e. The maximum Gasteiger partial charge on any atom is 0.338 e. The van der Waals surface area contributed by atoms with Gasteiger partial charge < -0.3 is 20.7 Å². The van der Waals surface area contributed by atoms with Crippen molar-refractivity contribution >= 4 is 50.8 Å². The Hall–Kier alpha value is -2.71. The molecule has 1 aliphatic rings. The topological polar surface area (TPSA) is 79.5 Å². The zero-order valence-electron chi connectivity index (χ0n) is 15.2. The summed E-state index contributed by atoms with van der Waals surface area (Å²) < 4.78 is 5.80. The number of esters is 1. The van der Waals surface area contributed by atoms with Gasteiger partial charge in [0.2, 0.25) is 0 Å². The molecule has 28 heavy (non-hydrogen) atoms. The summed E-state index contributed by atoms with van der Waals surface area (Å²) in [5, 5.41) is 9.34. The standard InChI is InChI=1S/C20H18BrN3O3S/c1-11-16(18(25)23-13-9-7-12(21)8-10-13)17(24-20(28)22-11)14-5-3-4-6-15(14)19(26)27-2/h3-10,17H,1-2H3,(H,23,25)(H2,22,24,28). The van der Waals surface area contributed by atoms with Crippen LogP contribution in [0.2, 0.25) is 0 Å². The van der Waals surface area contributed by atoms with Gasteiger partial charge in [-0.1, -0.05) is 34.1 Å². The molecule has 0 spiro atoms. The molecule has 1 heterocycles. The van der Waals surface area contributed by atoms with Crippen LogP contribution in [-0.4, -0.2) is 24.1 Å². The second kappa shape index (κ2) is 8.53. The molecule has 0 aromatic heterocycles. The fourth-order valence-electron chi connectivity index (χ4n) is 3.00. The zero-order valence-corrected chi connectivity index (χ0v) is 17.6. The van der Waals surface area contributed by atoms with E-state index in [-0.39, 0.29) is 5.91 Å². The molecular formula is C20H18BrN3O3S. The minimum atomic E-state index is -0.598. The van der Waals surface area contributed by atoms with Gasteiger partial charge in [0.25, 0.3) is 5.91 Å². The average molecular weight is 460 g/mol. The van der Waals surface area contributed by atoms with Gasteiger partial charge in [0.15, 0.2) is 5.11 Å². The van der Waals surface area contributed by atoms with Crippen LogP contribution in [0.15, 0.2) is 64.3 Å². The molecule has 2 aromatic carbocycles. The van der Waals surface area contributed by atoms with E-state index in [9.17, 15) is 9.59 Å². The molecule has 1 atom stereocenters. The van der Waals surface area contributed by atoms with Crippen molar-refractivity contribution < 1.29 is 14.3 Å². The van der Waals surface area contributed by atoms with E-state index >= 15 is 0 Å². The largest absolute Gasteiger partial charge is 0.465 e. The molecule has 6 nitrogen and oxygen atoms in total. The van der Waals surface area contributed by atoms with Gasteiger partial charge in [-0.15, -0.1) is 0 Å². The fourth-order valence-corrected chi connectivity index (χ4v) is 3.54. The highest BCUT2D eigenvalue weighted by Crippen LogP contribution is 2.30. The normalized spacial score (nSPS) is 16.1. The number of hydrogen-bond acceptors (Lipinski definition) is 4. The number of carbonyl (C=O) groups is 2. The van der Waals surface area contributed by atoms with E-state index in [0.717, 1.165) is 4.47 Å². The molecule has 0 fully saturated rings. The highest BCUT2D eigenvalue weighted by Gasteiger charge is 2.32. The van der Waals surface area contributed by atoms with Gasteiger partial charge in [0.05, 0.1) is 24.3 Å². The van der Waals surface area contributed by atoms with Gasteiger partial charge in [-0.3, -0.25) is 4.79 Å². The lowest BCUT2D eigenvalue weighted by Crippen LogP contribution is -2.46. The van der Waals surface area contributed by atoms with E-state index in [1.807, 2.05) is 12.1 Å².